The van der Waals surface area contributed by atoms with Gasteiger partial charge in [-0.2, -0.15) is 5.10 Å². The normalized spacial score (nSPS) is 9.07. The zero-order chi connectivity index (χ0) is 10.4. The summed E-state index contributed by atoms with van der Waals surface area (Å²) in [6.45, 7) is 4.04. The first-order valence-electron chi connectivity index (χ1n) is 4.50. The van der Waals surface area contributed by atoms with E-state index in [0.29, 0.717) is 0 Å². The second-order valence-corrected chi connectivity index (χ2v) is 3.22. The van der Waals surface area contributed by atoms with Gasteiger partial charge in [0.1, 0.15) is 0 Å². The quantitative estimate of drug-likeness (QED) is 0.635. The molecule has 0 aromatic carbocycles. The average molecular weight is 189 g/mol. The minimum absolute atomic E-state index is 1.21. The van der Waals surface area contributed by atoms with Crippen molar-refractivity contribution in [1.29, 1.82) is 0 Å². The van der Waals surface area contributed by atoms with Crippen molar-refractivity contribution >= 4 is 0 Å². The van der Waals surface area contributed by atoms with E-state index in [-0.39, 0.29) is 0 Å². The fourth-order valence-corrected chi connectivity index (χ4v) is 0.992. The van der Waals surface area contributed by atoms with Crippen molar-refractivity contribution in [2.45, 2.75) is 13.8 Å². The maximum absolute atomic E-state index is 3.93. The summed E-state index contributed by atoms with van der Waals surface area (Å²) in [7, 11) is 1.91. The Morgan fingerprint density at radius 2 is 1.93 bits per heavy atom. The molecule has 0 atom stereocenters. The van der Waals surface area contributed by atoms with E-state index in [9.17, 15) is 0 Å². The standard InChI is InChI=1S/C6H7N.C5H8N2/c1-6-3-2-4-7-5-6;1-5-3-6-7(2)4-5/h2-5H,1H3;3-4H,1-2H3. The maximum atomic E-state index is 3.93. The molecule has 2 rings (SSSR count). The van der Waals surface area contributed by atoms with Crippen LogP contribution in [0.25, 0.3) is 0 Å². The SMILES string of the molecule is Cc1cccnc1.Cc1cnn(C)c1. The average Bonchev–Trinajstić information content (AvgIpc) is 2.52. The molecule has 0 unspecified atom stereocenters. The van der Waals surface area contributed by atoms with Crippen LogP contribution in [0.2, 0.25) is 0 Å². The molecule has 0 aliphatic carbocycles. The Balaban J connectivity index is 0.000000140. The first-order valence-corrected chi connectivity index (χ1v) is 4.50. The van der Waals surface area contributed by atoms with Gasteiger partial charge in [0.2, 0.25) is 0 Å². The summed E-state index contributed by atoms with van der Waals surface area (Å²) in [5, 5.41) is 3.93. The van der Waals surface area contributed by atoms with Crippen LogP contribution in [-0.4, -0.2) is 14.8 Å². The molecule has 0 spiro atoms. The lowest BCUT2D eigenvalue weighted by Gasteiger charge is -1.82. The highest BCUT2D eigenvalue weighted by Gasteiger charge is 1.81. The van der Waals surface area contributed by atoms with Gasteiger partial charge in [-0.05, 0) is 31.0 Å². The lowest BCUT2D eigenvalue weighted by Crippen LogP contribution is -1.83. The number of aromatic nitrogens is 3. The highest BCUT2D eigenvalue weighted by Crippen LogP contribution is 1.89. The monoisotopic (exact) mass is 189 g/mol. The summed E-state index contributed by atoms with van der Waals surface area (Å²) in [6, 6.07) is 3.95. The van der Waals surface area contributed by atoms with Crippen molar-refractivity contribution in [3.05, 3.63) is 48.0 Å². The van der Waals surface area contributed by atoms with E-state index in [1.54, 1.807) is 10.9 Å². The minimum atomic E-state index is 1.21. The lowest BCUT2D eigenvalue weighted by atomic mass is 10.3. The molecule has 2 aromatic rings. The topological polar surface area (TPSA) is 30.7 Å². The fourth-order valence-electron chi connectivity index (χ4n) is 0.992. The number of hydrogen-bond acceptors (Lipinski definition) is 2. The molecule has 3 nitrogen and oxygen atoms in total. The third-order valence-corrected chi connectivity index (χ3v) is 1.64. The number of aryl methyl sites for hydroxylation is 3. The largest absolute Gasteiger partial charge is 0.276 e. The molecule has 0 aliphatic rings. The molecule has 0 bridgehead atoms. The molecular weight excluding hydrogens is 174 g/mol. The molecule has 0 radical (unpaired) electrons. The van der Waals surface area contributed by atoms with E-state index < -0.39 is 0 Å². The number of nitrogens with zero attached hydrogens (tertiary/aromatic N) is 3. The van der Waals surface area contributed by atoms with E-state index in [1.807, 2.05) is 51.6 Å². The van der Waals surface area contributed by atoms with Crippen LogP contribution >= 0.6 is 0 Å². The molecule has 2 heterocycles. The lowest BCUT2D eigenvalue weighted by molar-refractivity contribution is 0.767. The fraction of sp³-hybridized carbons (Fsp3) is 0.273. The predicted octanol–water partition coefficient (Wildman–Crippen LogP) is 2.12. The Bertz CT molecular complexity index is 349. The van der Waals surface area contributed by atoms with E-state index >= 15 is 0 Å². The number of rotatable bonds is 0. The van der Waals surface area contributed by atoms with Gasteiger partial charge in [-0.1, -0.05) is 6.07 Å². The summed E-state index contributed by atoms with van der Waals surface area (Å²) in [5.41, 5.74) is 2.42. The summed E-state index contributed by atoms with van der Waals surface area (Å²) >= 11 is 0. The van der Waals surface area contributed by atoms with E-state index in [0.717, 1.165) is 0 Å². The van der Waals surface area contributed by atoms with Gasteiger partial charge in [-0.15, -0.1) is 0 Å². The van der Waals surface area contributed by atoms with Crippen LogP contribution in [0.1, 0.15) is 11.1 Å². The van der Waals surface area contributed by atoms with Crippen LogP contribution < -0.4 is 0 Å². The van der Waals surface area contributed by atoms with Crippen LogP contribution in [0.5, 0.6) is 0 Å². The van der Waals surface area contributed by atoms with Crippen LogP contribution in [-0.2, 0) is 7.05 Å². The van der Waals surface area contributed by atoms with Gasteiger partial charge < -0.3 is 0 Å². The van der Waals surface area contributed by atoms with Crippen molar-refractivity contribution in [2.75, 3.05) is 0 Å². The number of pyridine rings is 1. The van der Waals surface area contributed by atoms with E-state index in [1.165, 1.54) is 11.1 Å². The van der Waals surface area contributed by atoms with Crippen molar-refractivity contribution in [1.82, 2.24) is 14.8 Å². The zero-order valence-electron chi connectivity index (χ0n) is 8.81. The van der Waals surface area contributed by atoms with Gasteiger partial charge >= 0.3 is 0 Å². The van der Waals surface area contributed by atoms with Crippen molar-refractivity contribution in [3.63, 3.8) is 0 Å². The summed E-state index contributed by atoms with van der Waals surface area (Å²) in [5.74, 6) is 0. The van der Waals surface area contributed by atoms with E-state index in [2.05, 4.69) is 10.1 Å². The molecular formula is C11H15N3. The van der Waals surface area contributed by atoms with Crippen molar-refractivity contribution < 1.29 is 0 Å². The molecule has 14 heavy (non-hydrogen) atoms. The van der Waals surface area contributed by atoms with Gasteiger partial charge in [0.15, 0.2) is 0 Å². The maximum Gasteiger partial charge on any atom is 0.0518 e. The molecule has 3 heteroatoms. The minimum Gasteiger partial charge on any atom is -0.276 e. The van der Waals surface area contributed by atoms with Gasteiger partial charge in [-0.3, -0.25) is 9.67 Å². The Kier molecular flexibility index (Phi) is 3.85. The highest BCUT2D eigenvalue weighted by molar-refractivity contribution is 5.04. The first kappa shape index (κ1) is 10.4. The van der Waals surface area contributed by atoms with Gasteiger partial charge in [-0.25, -0.2) is 0 Å². The summed E-state index contributed by atoms with van der Waals surface area (Å²) < 4.78 is 1.79. The van der Waals surface area contributed by atoms with Crippen molar-refractivity contribution in [3.8, 4) is 0 Å². The summed E-state index contributed by atoms with van der Waals surface area (Å²) in [6.07, 6.45) is 7.41. The van der Waals surface area contributed by atoms with Gasteiger partial charge in [0.05, 0.1) is 6.20 Å². The Hall–Kier alpha value is -1.64. The second-order valence-electron chi connectivity index (χ2n) is 3.22. The van der Waals surface area contributed by atoms with Crippen LogP contribution in [0, 0.1) is 13.8 Å². The van der Waals surface area contributed by atoms with Gasteiger partial charge in [0, 0.05) is 25.6 Å². The molecule has 74 valence electrons. The zero-order valence-corrected chi connectivity index (χ0v) is 8.81. The molecule has 0 saturated carbocycles. The Morgan fingerprint density at radius 3 is 2.14 bits per heavy atom. The first-order chi connectivity index (χ1) is 6.68. The Morgan fingerprint density at radius 1 is 1.14 bits per heavy atom. The molecule has 0 fully saturated rings. The highest BCUT2D eigenvalue weighted by atomic mass is 15.2. The smallest absolute Gasteiger partial charge is 0.0518 e. The predicted molar refractivity (Wildman–Crippen MR) is 56.9 cm³/mol. The summed E-state index contributed by atoms with van der Waals surface area (Å²) in [4.78, 5) is 3.88. The molecule has 2 aromatic heterocycles. The van der Waals surface area contributed by atoms with Crippen LogP contribution in [0.15, 0.2) is 36.9 Å². The molecule has 0 aliphatic heterocycles. The third kappa shape index (κ3) is 3.85. The van der Waals surface area contributed by atoms with E-state index in [4.69, 9.17) is 0 Å². The van der Waals surface area contributed by atoms with Crippen LogP contribution in [0.3, 0.4) is 0 Å². The Labute approximate surface area is 84.4 Å². The second kappa shape index (κ2) is 5.17. The number of hydrogen-bond donors (Lipinski definition) is 0. The van der Waals surface area contributed by atoms with Gasteiger partial charge in [0.25, 0.3) is 0 Å². The molecule has 0 N–H and O–H groups in total. The molecule has 0 saturated heterocycles. The van der Waals surface area contributed by atoms with Crippen molar-refractivity contribution in [2.24, 2.45) is 7.05 Å². The van der Waals surface area contributed by atoms with Crippen LogP contribution in [0.4, 0.5) is 0 Å². The third-order valence-electron chi connectivity index (χ3n) is 1.64. The molecule has 0 amide bonds.